The Labute approximate surface area is 165 Å². The zero-order chi connectivity index (χ0) is 19.7. The Morgan fingerprint density at radius 3 is 2.30 bits per heavy atom. The summed E-state index contributed by atoms with van der Waals surface area (Å²) in [5, 5.41) is 2.67. The molecule has 0 radical (unpaired) electrons. The molecule has 3 rings (SSSR count). The number of amides is 1. The number of rotatable bonds is 5. The maximum absolute atomic E-state index is 13.4. The summed E-state index contributed by atoms with van der Waals surface area (Å²) < 4.78 is 52.4. The van der Waals surface area contributed by atoms with E-state index in [-0.39, 0.29) is 37.0 Å². The largest absolute Gasteiger partial charge is 0.573 e. The van der Waals surface area contributed by atoms with Crippen LogP contribution in [0.2, 0.25) is 0 Å². The molecule has 5 nitrogen and oxygen atoms in total. The number of carbonyl (C=O) groups is 1. The van der Waals surface area contributed by atoms with Gasteiger partial charge in [-0.25, -0.2) is 14.4 Å². The van der Waals surface area contributed by atoms with E-state index >= 15 is 0 Å². The fraction of sp³-hybridized carbons (Fsp3) is 0.353. The van der Waals surface area contributed by atoms with Crippen molar-refractivity contribution in [2.45, 2.75) is 29.4 Å². The highest BCUT2D eigenvalue weighted by molar-refractivity contribution is 14.1. The Kier molecular flexibility index (Phi) is 5.54. The highest BCUT2D eigenvalue weighted by Crippen LogP contribution is 2.46. The second kappa shape index (κ2) is 7.56. The topological polar surface area (TPSA) is 64.1 Å². The standard InChI is InChI=1S/C17H14F4IN3O2/c18-16(22)5-11(6-16)15(26)25-9-14-23-7-12(8-24-14)10-1-3-13(4-2-10)27-17(19,20)21/h1-4,7-8,11H,5-6,9H2,(H,25,26). The third kappa shape index (κ3) is 5.50. The van der Waals surface area contributed by atoms with Crippen LogP contribution in [-0.4, -0.2) is 25.9 Å². The number of hydrogen-bond donors (Lipinski definition) is 1. The van der Waals surface area contributed by atoms with Crippen LogP contribution in [-0.2, 0) is 11.3 Å². The maximum atomic E-state index is 13.4. The summed E-state index contributed by atoms with van der Waals surface area (Å²) in [7, 11) is 0. The molecule has 1 amide bonds. The number of nitrogens with one attached hydrogen (secondary N) is 1. The molecule has 10 heteroatoms. The van der Waals surface area contributed by atoms with E-state index in [4.69, 9.17) is 0 Å². The molecule has 1 aromatic carbocycles. The first kappa shape index (κ1) is 19.8. The molecule has 1 aromatic heterocycles. The van der Waals surface area contributed by atoms with Crippen molar-refractivity contribution in [1.82, 2.24) is 15.3 Å². The summed E-state index contributed by atoms with van der Waals surface area (Å²) in [6.45, 7) is 0.120. The Bertz CT molecular complexity index is 802. The normalized spacial score (nSPS) is 22.0. The highest BCUT2D eigenvalue weighted by atomic mass is 127. The van der Waals surface area contributed by atoms with Crippen LogP contribution < -0.4 is 10.1 Å². The predicted molar refractivity (Wildman–Crippen MR) is 96.6 cm³/mol. The number of aromatic nitrogens is 2. The predicted octanol–water partition coefficient (Wildman–Crippen LogP) is 4.17. The SMILES string of the molecule is O=C(NCc1ncc(-c2ccc(OC(F)(F)F)cc2)cn1)C1CC(F)(I)C1. The lowest BCUT2D eigenvalue weighted by Crippen LogP contribution is -2.43. The van der Waals surface area contributed by atoms with Gasteiger partial charge in [0.2, 0.25) is 5.91 Å². The molecule has 0 unspecified atom stereocenters. The number of ether oxygens (including phenoxy) is 1. The monoisotopic (exact) mass is 495 g/mol. The van der Waals surface area contributed by atoms with Gasteiger partial charge in [-0.3, -0.25) is 4.79 Å². The van der Waals surface area contributed by atoms with Crippen LogP contribution in [0.3, 0.4) is 0 Å². The van der Waals surface area contributed by atoms with E-state index in [2.05, 4.69) is 20.0 Å². The smallest absolute Gasteiger partial charge is 0.406 e. The lowest BCUT2D eigenvalue weighted by molar-refractivity contribution is -0.274. The van der Waals surface area contributed by atoms with E-state index in [1.807, 2.05) is 0 Å². The summed E-state index contributed by atoms with van der Waals surface area (Å²) in [4.78, 5) is 20.1. The van der Waals surface area contributed by atoms with Gasteiger partial charge in [-0.1, -0.05) is 12.1 Å². The van der Waals surface area contributed by atoms with Gasteiger partial charge in [0.15, 0.2) is 3.68 Å². The van der Waals surface area contributed by atoms with Crippen LogP contribution >= 0.6 is 22.6 Å². The van der Waals surface area contributed by atoms with Crippen LogP contribution in [0.15, 0.2) is 36.7 Å². The van der Waals surface area contributed by atoms with Crippen molar-refractivity contribution in [3.8, 4) is 16.9 Å². The van der Waals surface area contributed by atoms with Crippen molar-refractivity contribution in [2.75, 3.05) is 0 Å². The summed E-state index contributed by atoms with van der Waals surface area (Å²) in [5.74, 6) is -0.493. The van der Waals surface area contributed by atoms with Crippen LogP contribution in [0.25, 0.3) is 11.1 Å². The summed E-state index contributed by atoms with van der Waals surface area (Å²) in [5.41, 5.74) is 1.23. The molecule has 0 aliphatic heterocycles. The van der Waals surface area contributed by atoms with Gasteiger partial charge in [-0.2, -0.15) is 0 Å². The second-order valence-corrected chi connectivity index (χ2v) is 8.07. The molecule has 1 saturated carbocycles. The Morgan fingerprint density at radius 1 is 1.19 bits per heavy atom. The average molecular weight is 495 g/mol. The first-order chi connectivity index (χ1) is 12.6. The van der Waals surface area contributed by atoms with Crippen molar-refractivity contribution in [1.29, 1.82) is 0 Å². The van der Waals surface area contributed by atoms with E-state index in [0.717, 1.165) is 0 Å². The van der Waals surface area contributed by atoms with E-state index in [1.165, 1.54) is 36.7 Å². The first-order valence-electron chi connectivity index (χ1n) is 7.94. The van der Waals surface area contributed by atoms with Gasteiger partial charge in [0.05, 0.1) is 6.54 Å². The second-order valence-electron chi connectivity index (χ2n) is 6.14. The molecule has 0 bridgehead atoms. The van der Waals surface area contributed by atoms with Gasteiger partial charge in [0.1, 0.15) is 11.6 Å². The fourth-order valence-electron chi connectivity index (χ4n) is 2.60. The molecule has 0 atom stereocenters. The van der Waals surface area contributed by atoms with E-state index < -0.39 is 10.0 Å². The van der Waals surface area contributed by atoms with Gasteiger partial charge in [-0.15, -0.1) is 13.2 Å². The number of hydrogen-bond acceptors (Lipinski definition) is 4. The van der Waals surface area contributed by atoms with Crippen molar-refractivity contribution in [3.63, 3.8) is 0 Å². The number of benzene rings is 1. The van der Waals surface area contributed by atoms with Crippen LogP contribution in [0.1, 0.15) is 18.7 Å². The third-order valence-electron chi connectivity index (χ3n) is 4.01. The van der Waals surface area contributed by atoms with Crippen molar-refractivity contribution in [2.24, 2.45) is 5.92 Å². The minimum atomic E-state index is -4.74. The summed E-state index contributed by atoms with van der Waals surface area (Å²) >= 11 is 1.70. The number of carbonyl (C=O) groups excluding carboxylic acids is 1. The first-order valence-corrected chi connectivity index (χ1v) is 9.02. The maximum Gasteiger partial charge on any atom is 0.573 e. The molecule has 1 aliphatic rings. The van der Waals surface area contributed by atoms with Gasteiger partial charge in [0.25, 0.3) is 0 Å². The number of alkyl halides is 5. The molecule has 2 aromatic rings. The highest BCUT2D eigenvalue weighted by Gasteiger charge is 2.45. The van der Waals surface area contributed by atoms with E-state index in [1.54, 1.807) is 22.6 Å². The molecule has 1 N–H and O–H groups in total. The molecule has 1 aliphatic carbocycles. The Hall–Kier alpha value is -1.98. The van der Waals surface area contributed by atoms with Crippen LogP contribution in [0.4, 0.5) is 17.6 Å². The minimum absolute atomic E-state index is 0.120. The minimum Gasteiger partial charge on any atom is -0.406 e. The fourth-order valence-corrected chi connectivity index (χ4v) is 3.66. The molecule has 1 heterocycles. The zero-order valence-electron chi connectivity index (χ0n) is 13.8. The zero-order valence-corrected chi connectivity index (χ0v) is 15.9. The van der Waals surface area contributed by atoms with Crippen LogP contribution in [0.5, 0.6) is 5.75 Å². The van der Waals surface area contributed by atoms with Gasteiger partial charge < -0.3 is 10.1 Å². The summed E-state index contributed by atoms with van der Waals surface area (Å²) in [6, 6.07) is 5.33. The number of nitrogens with zero attached hydrogens (tertiary/aromatic N) is 2. The van der Waals surface area contributed by atoms with Gasteiger partial charge in [-0.05, 0) is 40.3 Å². The molecule has 0 saturated heterocycles. The van der Waals surface area contributed by atoms with E-state index in [0.29, 0.717) is 17.0 Å². The molecular formula is C17H14F4IN3O2. The van der Waals surface area contributed by atoms with Crippen LogP contribution in [0, 0.1) is 5.92 Å². The lowest BCUT2D eigenvalue weighted by Gasteiger charge is -2.35. The van der Waals surface area contributed by atoms with Crippen molar-refractivity contribution < 1.29 is 27.1 Å². The molecule has 1 fully saturated rings. The third-order valence-corrected chi connectivity index (χ3v) is 4.89. The lowest BCUT2D eigenvalue weighted by atomic mass is 9.83. The van der Waals surface area contributed by atoms with Gasteiger partial charge >= 0.3 is 6.36 Å². The molecule has 144 valence electrons. The summed E-state index contributed by atoms with van der Waals surface area (Å²) in [6.07, 6.45) is -1.32. The Morgan fingerprint density at radius 2 is 1.78 bits per heavy atom. The molecular weight excluding hydrogens is 481 g/mol. The quantitative estimate of drug-likeness (QED) is 0.385. The Balaban J connectivity index is 1.55. The van der Waals surface area contributed by atoms with Crippen molar-refractivity contribution >= 4 is 28.5 Å². The number of halogens is 5. The molecule has 0 spiro atoms. The molecule has 27 heavy (non-hydrogen) atoms. The van der Waals surface area contributed by atoms with E-state index in [9.17, 15) is 22.4 Å². The van der Waals surface area contributed by atoms with Crippen molar-refractivity contribution in [3.05, 3.63) is 42.5 Å². The average Bonchev–Trinajstić information content (AvgIpc) is 2.57. The van der Waals surface area contributed by atoms with Gasteiger partial charge in [0, 0.05) is 36.7 Å².